The number of hydrogen-bond acceptors (Lipinski definition) is 11. The van der Waals surface area contributed by atoms with Gasteiger partial charge >= 0.3 is 23.7 Å². The van der Waals surface area contributed by atoms with Gasteiger partial charge in [-0.05, 0) is 105 Å². The van der Waals surface area contributed by atoms with Crippen molar-refractivity contribution in [3.8, 4) is 16.2 Å². The Bertz CT molecular complexity index is 3030. The van der Waals surface area contributed by atoms with Crippen LogP contribution in [0.3, 0.4) is 0 Å². The lowest BCUT2D eigenvalue weighted by molar-refractivity contribution is -0.139. The normalized spacial score (nSPS) is 19.2. The van der Waals surface area contributed by atoms with E-state index in [1.165, 1.54) is 31.6 Å². The van der Waals surface area contributed by atoms with Gasteiger partial charge in [0.05, 0.1) is 27.4 Å². The van der Waals surface area contributed by atoms with E-state index in [1.54, 1.807) is 50.1 Å². The van der Waals surface area contributed by atoms with E-state index in [-0.39, 0.29) is 80.9 Å². The molecule has 2 aromatic heterocycles. The number of amides is 4. The Morgan fingerprint density at radius 2 is 1.72 bits per heavy atom. The van der Waals surface area contributed by atoms with Crippen LogP contribution in [-0.2, 0) is 37.2 Å². The second-order valence-corrected chi connectivity index (χ2v) is 21.2. The number of fused-ring (bicyclic) bond motifs is 1. The van der Waals surface area contributed by atoms with Crippen molar-refractivity contribution in [2.45, 2.75) is 81.7 Å². The summed E-state index contributed by atoms with van der Waals surface area (Å²) in [4.78, 5) is 75.7. The number of carbonyl (C=O) groups is 5. The molecule has 3 fully saturated rings. The van der Waals surface area contributed by atoms with Crippen molar-refractivity contribution in [3.63, 3.8) is 0 Å². The average molecular weight is 995 g/mol. The molecule has 18 nitrogen and oxygen atoms in total. The number of carbonyl (C=O) groups excluding carboxylic acids is 3. The minimum atomic E-state index is -3.89. The fourth-order valence-corrected chi connectivity index (χ4v) is 12.9. The number of aromatic carboxylic acids is 1. The van der Waals surface area contributed by atoms with Crippen molar-refractivity contribution in [1.82, 2.24) is 23.7 Å². The molecule has 0 spiro atoms. The molecule has 0 radical (unpaired) electrons. The molecular weight excluding hydrogens is 945 g/mol. The number of imidazole rings is 1. The Morgan fingerprint density at radius 1 is 0.971 bits per heavy atom. The van der Waals surface area contributed by atoms with Gasteiger partial charge in [0, 0.05) is 50.4 Å². The molecule has 3 aromatic carbocycles. The fourth-order valence-electron chi connectivity index (χ4n) is 9.51. The summed E-state index contributed by atoms with van der Waals surface area (Å²) in [6, 6.07) is 15.0. The van der Waals surface area contributed by atoms with Crippen LogP contribution >= 0.6 is 22.9 Å². The van der Waals surface area contributed by atoms with E-state index >= 15 is 4.39 Å². The summed E-state index contributed by atoms with van der Waals surface area (Å²) in [5.41, 5.74) is 2.41. The number of imide groups is 1. The van der Waals surface area contributed by atoms with Crippen LogP contribution in [0, 0.1) is 5.82 Å². The molecule has 0 bridgehead atoms. The number of piperidine rings is 3. The molecule has 5 heterocycles. The Labute approximate surface area is 398 Å². The van der Waals surface area contributed by atoms with Crippen LogP contribution in [0.1, 0.15) is 85.1 Å². The number of carboxylic acid groups (broad SMARTS) is 2. The Balaban J connectivity index is 0.868. The topological polar surface area (TPSA) is 239 Å². The van der Waals surface area contributed by atoms with Crippen LogP contribution in [0.2, 0.25) is 5.02 Å². The summed E-state index contributed by atoms with van der Waals surface area (Å²) in [5.74, 6) is -4.66. The number of carboxylic acids is 2. The van der Waals surface area contributed by atoms with Gasteiger partial charge in [0.25, 0.3) is 0 Å². The highest BCUT2D eigenvalue weighted by Gasteiger charge is 2.42. The second-order valence-electron chi connectivity index (χ2n) is 17.9. The molecule has 8 rings (SSSR count). The molecule has 2 atom stereocenters. The summed E-state index contributed by atoms with van der Waals surface area (Å²) in [7, 11) is -2.24. The van der Waals surface area contributed by atoms with Crippen molar-refractivity contribution in [1.29, 1.82) is 0 Å². The maximum atomic E-state index is 15.3. The third-order valence-electron chi connectivity index (χ3n) is 12.8. The first-order chi connectivity index (χ1) is 32.2. The number of anilines is 2. The summed E-state index contributed by atoms with van der Waals surface area (Å²) < 4.78 is 52.9. The van der Waals surface area contributed by atoms with E-state index in [4.69, 9.17) is 21.4 Å². The van der Waals surface area contributed by atoms with Crippen LogP contribution in [0.4, 0.5) is 20.6 Å². The molecule has 3 saturated heterocycles. The van der Waals surface area contributed by atoms with Crippen LogP contribution in [0.5, 0.6) is 5.75 Å². The highest BCUT2D eigenvalue weighted by atomic mass is 35.5. The van der Waals surface area contributed by atoms with E-state index in [0.29, 0.717) is 66.6 Å². The fraction of sp³-hybridized carbons (Fsp3) is 0.391. The highest BCUT2D eigenvalue weighted by Crippen LogP contribution is 2.46. The minimum Gasteiger partial charge on any atom is -0.479 e. The molecule has 22 heteroatoms. The molecule has 3 aliphatic rings. The number of nitrogens with one attached hydrogen (secondary N) is 3. The molecule has 0 unspecified atom stereocenters. The molecular formula is C46H49ClFN7O11S2. The smallest absolute Gasteiger partial charge is 0.349 e. The van der Waals surface area contributed by atoms with Gasteiger partial charge in [-0.2, -0.15) is 4.31 Å². The highest BCUT2D eigenvalue weighted by molar-refractivity contribution is 7.88. The summed E-state index contributed by atoms with van der Waals surface area (Å²) in [6.07, 6.45) is 2.36. The van der Waals surface area contributed by atoms with Crippen LogP contribution < -0.4 is 26.4 Å². The van der Waals surface area contributed by atoms with E-state index in [9.17, 15) is 42.3 Å². The molecule has 5 aromatic rings. The lowest BCUT2D eigenvalue weighted by atomic mass is 9.89. The number of likely N-dealkylation sites (tertiary alicyclic amines) is 1. The number of urea groups is 1. The van der Waals surface area contributed by atoms with Crippen molar-refractivity contribution in [2.75, 3.05) is 36.9 Å². The predicted octanol–water partition coefficient (Wildman–Crippen LogP) is 6.60. The van der Waals surface area contributed by atoms with Gasteiger partial charge in [0.2, 0.25) is 21.8 Å². The summed E-state index contributed by atoms with van der Waals surface area (Å²) in [5, 5.41) is 27.0. The van der Waals surface area contributed by atoms with Crippen molar-refractivity contribution in [3.05, 3.63) is 98.0 Å². The Morgan fingerprint density at radius 3 is 2.41 bits per heavy atom. The molecule has 5 N–H and O–H groups in total. The maximum Gasteiger partial charge on any atom is 0.349 e. The second kappa shape index (κ2) is 19.0. The van der Waals surface area contributed by atoms with Gasteiger partial charge in [-0.25, -0.2) is 32.0 Å². The summed E-state index contributed by atoms with van der Waals surface area (Å²) in [6.45, 7) is 3.82. The van der Waals surface area contributed by atoms with Gasteiger partial charge in [0.15, 0.2) is 17.2 Å². The first-order valence-corrected chi connectivity index (χ1v) is 24.7. The standard InChI is InChI=1S/C46H49ClFN7O11S2/c1-46(2)22-30(49-32-20-28(7-9-31(32)48)40-38(47)39(66-23-37(57)58)41(67-40)43(60)61)15-18-54(46)68(64,65)24-25-5-4-6-29(19-25)50-44(62)53-16-13-26(14-17-53)27-8-10-33-35(21-27)52(3)45(63)55(33)34-11-12-36(56)51-42(34)59/h4-10,19-21,26,30,34,49H,11-18,22-24H2,1-3H3,(H,50,62)(H,57,58)(H,60,61)(H,51,56,59)/t30-,34-/m1/s1. The Kier molecular flexibility index (Phi) is 13.5. The van der Waals surface area contributed by atoms with Crippen LogP contribution in [0.25, 0.3) is 21.5 Å². The van der Waals surface area contributed by atoms with Gasteiger partial charge in [-0.15, -0.1) is 11.3 Å². The number of nitrogens with zero attached hydrogens (tertiary/aromatic N) is 4. The number of hydrogen-bond donors (Lipinski definition) is 5. The van der Waals surface area contributed by atoms with Crippen LogP contribution in [0.15, 0.2) is 65.5 Å². The van der Waals surface area contributed by atoms with E-state index in [1.807, 2.05) is 18.2 Å². The van der Waals surface area contributed by atoms with Gasteiger partial charge in [0.1, 0.15) is 16.9 Å². The molecule has 4 amide bonds. The van der Waals surface area contributed by atoms with E-state index in [0.717, 1.165) is 16.9 Å². The zero-order valence-electron chi connectivity index (χ0n) is 37.2. The zero-order valence-corrected chi connectivity index (χ0v) is 39.6. The number of aliphatic carboxylic acids is 1. The minimum absolute atomic E-state index is 0.0876. The molecule has 360 valence electrons. The van der Waals surface area contributed by atoms with Gasteiger partial charge in [-0.3, -0.25) is 24.0 Å². The van der Waals surface area contributed by atoms with Crippen LogP contribution in [-0.4, -0.2) is 105 Å². The molecule has 3 aliphatic heterocycles. The lowest BCUT2D eigenvalue weighted by Gasteiger charge is -2.45. The first-order valence-electron chi connectivity index (χ1n) is 21.9. The van der Waals surface area contributed by atoms with E-state index in [2.05, 4.69) is 16.0 Å². The monoisotopic (exact) mass is 993 g/mol. The number of ether oxygens (including phenoxy) is 1. The largest absolute Gasteiger partial charge is 0.479 e. The molecule has 0 aliphatic carbocycles. The molecule has 68 heavy (non-hydrogen) atoms. The van der Waals surface area contributed by atoms with Crippen molar-refractivity contribution < 1.29 is 51.7 Å². The third-order valence-corrected chi connectivity index (χ3v) is 16.5. The van der Waals surface area contributed by atoms with Crippen molar-refractivity contribution >= 4 is 85.2 Å². The number of benzene rings is 3. The Hall–Kier alpha value is -6.29. The summed E-state index contributed by atoms with van der Waals surface area (Å²) >= 11 is 7.23. The molecule has 0 saturated carbocycles. The van der Waals surface area contributed by atoms with Crippen molar-refractivity contribution in [2.24, 2.45) is 7.05 Å². The predicted molar refractivity (Wildman–Crippen MR) is 252 cm³/mol. The van der Waals surface area contributed by atoms with Gasteiger partial charge in [-0.1, -0.05) is 35.9 Å². The van der Waals surface area contributed by atoms with E-state index < -0.39 is 51.9 Å². The first kappa shape index (κ1) is 48.2. The number of rotatable bonds is 13. The number of aromatic nitrogens is 2. The number of sulfonamides is 1. The third kappa shape index (κ3) is 9.83. The maximum absolute atomic E-state index is 15.3. The lowest BCUT2D eigenvalue weighted by Crippen LogP contribution is -2.55. The SMILES string of the molecule is Cn1c(=O)n([C@@H]2CCC(=O)NC2=O)c2ccc(C3CCN(C(=O)Nc4cccc(CS(=O)(=O)N5CC[C@@H](Nc6cc(-c7sc(C(=O)O)c(OCC(=O)O)c7Cl)ccc6F)CC5(C)C)c4)CC3)cc21. The number of thiophene rings is 1. The number of aryl methyl sites for hydroxylation is 1. The zero-order chi connectivity index (χ0) is 48.8. The number of halogens is 2. The quantitative estimate of drug-likeness (QED) is 0.0785. The van der Waals surface area contributed by atoms with Gasteiger partial charge < -0.3 is 30.5 Å². The average Bonchev–Trinajstić information content (AvgIpc) is 3.74.